The van der Waals surface area contributed by atoms with Gasteiger partial charge in [0.2, 0.25) is 6.79 Å². The average molecular weight is 353 g/mol. The van der Waals surface area contributed by atoms with E-state index in [4.69, 9.17) is 14.2 Å². The standard InChI is InChI=1S/C20H19NO5/c1-14-2-4-16(5-3-14)11-21-19(22)12-24-20(23)9-7-15-6-8-17-18(10-15)26-13-25-17/h2-10H,11-13H2,1H3,(H,21,22). The number of ether oxygens (including phenoxy) is 3. The van der Waals surface area contributed by atoms with E-state index in [-0.39, 0.29) is 19.3 Å². The molecule has 0 bridgehead atoms. The van der Waals surface area contributed by atoms with Crippen LogP contribution in [0.2, 0.25) is 0 Å². The second-order valence-electron chi connectivity index (χ2n) is 5.82. The molecule has 134 valence electrons. The Bertz CT molecular complexity index is 827. The van der Waals surface area contributed by atoms with Crippen molar-refractivity contribution in [3.8, 4) is 11.5 Å². The van der Waals surface area contributed by atoms with Crippen molar-refractivity contribution in [3.05, 3.63) is 65.2 Å². The number of esters is 1. The minimum Gasteiger partial charge on any atom is -0.454 e. The van der Waals surface area contributed by atoms with E-state index in [1.807, 2.05) is 31.2 Å². The van der Waals surface area contributed by atoms with Gasteiger partial charge in [-0.25, -0.2) is 4.79 Å². The van der Waals surface area contributed by atoms with E-state index in [0.29, 0.717) is 18.0 Å². The van der Waals surface area contributed by atoms with Gasteiger partial charge < -0.3 is 19.5 Å². The van der Waals surface area contributed by atoms with Gasteiger partial charge in [0.1, 0.15) is 0 Å². The molecule has 0 unspecified atom stereocenters. The summed E-state index contributed by atoms with van der Waals surface area (Å²) in [4.78, 5) is 23.5. The predicted molar refractivity (Wildman–Crippen MR) is 95.6 cm³/mol. The number of fused-ring (bicyclic) bond motifs is 1. The van der Waals surface area contributed by atoms with Crippen molar-refractivity contribution in [2.45, 2.75) is 13.5 Å². The van der Waals surface area contributed by atoms with Crippen molar-refractivity contribution in [2.75, 3.05) is 13.4 Å². The van der Waals surface area contributed by atoms with E-state index in [1.165, 1.54) is 6.08 Å². The Hall–Kier alpha value is -3.28. The van der Waals surface area contributed by atoms with E-state index < -0.39 is 5.97 Å². The smallest absolute Gasteiger partial charge is 0.331 e. The van der Waals surface area contributed by atoms with Crippen LogP contribution in [0.4, 0.5) is 0 Å². The normalized spacial score (nSPS) is 12.2. The summed E-state index contributed by atoms with van der Waals surface area (Å²) >= 11 is 0. The fourth-order valence-corrected chi connectivity index (χ4v) is 2.32. The Morgan fingerprint density at radius 3 is 2.69 bits per heavy atom. The topological polar surface area (TPSA) is 73.9 Å². The fraction of sp³-hybridized carbons (Fsp3) is 0.200. The summed E-state index contributed by atoms with van der Waals surface area (Å²) in [6.45, 7) is 2.26. The molecule has 6 heteroatoms. The largest absolute Gasteiger partial charge is 0.454 e. The highest BCUT2D eigenvalue weighted by molar-refractivity contribution is 5.89. The molecular formula is C20H19NO5. The summed E-state index contributed by atoms with van der Waals surface area (Å²) < 4.78 is 15.4. The van der Waals surface area contributed by atoms with Gasteiger partial charge in [-0.3, -0.25) is 4.79 Å². The van der Waals surface area contributed by atoms with E-state index in [9.17, 15) is 9.59 Å². The Morgan fingerprint density at radius 2 is 1.88 bits per heavy atom. The van der Waals surface area contributed by atoms with Crippen LogP contribution in [0.15, 0.2) is 48.5 Å². The number of hydrogen-bond donors (Lipinski definition) is 1. The molecular weight excluding hydrogens is 334 g/mol. The van der Waals surface area contributed by atoms with Gasteiger partial charge in [-0.15, -0.1) is 0 Å². The first-order valence-electron chi connectivity index (χ1n) is 8.17. The molecule has 1 amide bonds. The number of carbonyl (C=O) groups excluding carboxylic acids is 2. The average Bonchev–Trinajstić information content (AvgIpc) is 3.12. The molecule has 2 aromatic carbocycles. The fourth-order valence-electron chi connectivity index (χ4n) is 2.32. The Balaban J connectivity index is 1.41. The van der Waals surface area contributed by atoms with Crippen LogP contribution in [-0.4, -0.2) is 25.3 Å². The predicted octanol–water partition coefficient (Wildman–Crippen LogP) is 2.60. The maximum atomic E-state index is 11.7. The van der Waals surface area contributed by atoms with Crippen molar-refractivity contribution in [1.29, 1.82) is 0 Å². The molecule has 2 aromatic rings. The van der Waals surface area contributed by atoms with Crippen LogP contribution in [0.5, 0.6) is 11.5 Å². The van der Waals surface area contributed by atoms with Crippen LogP contribution in [0.25, 0.3) is 6.08 Å². The molecule has 1 N–H and O–H groups in total. The summed E-state index contributed by atoms with van der Waals surface area (Å²) in [6, 6.07) is 13.2. The third-order valence-electron chi connectivity index (χ3n) is 3.76. The van der Waals surface area contributed by atoms with Crippen molar-refractivity contribution >= 4 is 18.0 Å². The SMILES string of the molecule is Cc1ccc(CNC(=O)COC(=O)C=Cc2ccc3c(c2)OCO3)cc1. The van der Waals surface area contributed by atoms with Crippen molar-refractivity contribution in [2.24, 2.45) is 0 Å². The molecule has 1 aliphatic heterocycles. The molecule has 0 spiro atoms. The maximum Gasteiger partial charge on any atom is 0.331 e. The van der Waals surface area contributed by atoms with Crippen LogP contribution in [-0.2, 0) is 20.9 Å². The van der Waals surface area contributed by atoms with Crippen LogP contribution < -0.4 is 14.8 Å². The molecule has 1 aliphatic rings. The van der Waals surface area contributed by atoms with Crippen LogP contribution in [0.3, 0.4) is 0 Å². The Kier molecular flexibility index (Phi) is 5.53. The molecule has 6 nitrogen and oxygen atoms in total. The second-order valence-corrected chi connectivity index (χ2v) is 5.82. The molecule has 0 saturated heterocycles. The zero-order valence-corrected chi connectivity index (χ0v) is 14.4. The zero-order valence-electron chi connectivity index (χ0n) is 14.4. The molecule has 3 rings (SSSR count). The number of hydrogen-bond acceptors (Lipinski definition) is 5. The van der Waals surface area contributed by atoms with Crippen molar-refractivity contribution in [1.82, 2.24) is 5.32 Å². The number of nitrogens with one attached hydrogen (secondary N) is 1. The van der Waals surface area contributed by atoms with Gasteiger partial charge in [-0.05, 0) is 36.3 Å². The molecule has 1 heterocycles. The van der Waals surface area contributed by atoms with Gasteiger partial charge in [0.05, 0.1) is 0 Å². The van der Waals surface area contributed by atoms with E-state index >= 15 is 0 Å². The summed E-state index contributed by atoms with van der Waals surface area (Å²) in [5.74, 6) is 0.370. The summed E-state index contributed by atoms with van der Waals surface area (Å²) in [6.07, 6.45) is 2.86. The molecule has 26 heavy (non-hydrogen) atoms. The van der Waals surface area contributed by atoms with Gasteiger partial charge >= 0.3 is 5.97 Å². The molecule has 0 atom stereocenters. The van der Waals surface area contributed by atoms with Gasteiger partial charge in [0.25, 0.3) is 5.91 Å². The Morgan fingerprint density at radius 1 is 1.12 bits per heavy atom. The number of aryl methyl sites for hydroxylation is 1. The molecule has 0 aliphatic carbocycles. The number of amides is 1. The second kappa shape index (κ2) is 8.20. The minimum atomic E-state index is -0.590. The lowest BCUT2D eigenvalue weighted by Crippen LogP contribution is -2.28. The molecule has 0 radical (unpaired) electrons. The van der Waals surface area contributed by atoms with E-state index in [1.54, 1.807) is 24.3 Å². The number of rotatable bonds is 6. The van der Waals surface area contributed by atoms with E-state index in [0.717, 1.165) is 16.7 Å². The summed E-state index contributed by atoms with van der Waals surface area (Å²) in [5, 5.41) is 2.71. The van der Waals surface area contributed by atoms with Gasteiger partial charge in [-0.1, -0.05) is 35.9 Å². The third-order valence-corrected chi connectivity index (χ3v) is 3.76. The quantitative estimate of drug-likeness (QED) is 0.638. The lowest BCUT2D eigenvalue weighted by atomic mass is 10.1. The number of carbonyl (C=O) groups is 2. The minimum absolute atomic E-state index is 0.197. The molecule has 0 aromatic heterocycles. The molecule has 0 fully saturated rings. The first-order valence-corrected chi connectivity index (χ1v) is 8.17. The maximum absolute atomic E-state index is 11.7. The first-order chi connectivity index (χ1) is 12.6. The highest BCUT2D eigenvalue weighted by Crippen LogP contribution is 2.32. The van der Waals surface area contributed by atoms with Crippen LogP contribution >= 0.6 is 0 Å². The van der Waals surface area contributed by atoms with E-state index in [2.05, 4.69) is 5.32 Å². The monoisotopic (exact) mass is 353 g/mol. The number of benzene rings is 2. The highest BCUT2D eigenvalue weighted by atomic mass is 16.7. The zero-order chi connectivity index (χ0) is 18.4. The molecule has 0 saturated carbocycles. The van der Waals surface area contributed by atoms with Crippen LogP contribution in [0, 0.1) is 6.92 Å². The summed E-state index contributed by atoms with van der Waals surface area (Å²) in [7, 11) is 0. The lowest BCUT2D eigenvalue weighted by molar-refractivity contribution is -0.143. The third kappa shape index (κ3) is 4.86. The summed E-state index contributed by atoms with van der Waals surface area (Å²) in [5.41, 5.74) is 2.91. The van der Waals surface area contributed by atoms with Gasteiger partial charge in [-0.2, -0.15) is 0 Å². The van der Waals surface area contributed by atoms with Crippen molar-refractivity contribution < 1.29 is 23.8 Å². The Labute approximate surface area is 151 Å². The van der Waals surface area contributed by atoms with Gasteiger partial charge in [0, 0.05) is 12.6 Å². The van der Waals surface area contributed by atoms with Crippen molar-refractivity contribution in [3.63, 3.8) is 0 Å². The van der Waals surface area contributed by atoms with Crippen LogP contribution in [0.1, 0.15) is 16.7 Å². The lowest BCUT2D eigenvalue weighted by Gasteiger charge is -2.06. The first kappa shape index (κ1) is 17.5. The van der Waals surface area contributed by atoms with Gasteiger partial charge in [0.15, 0.2) is 18.1 Å². The highest BCUT2D eigenvalue weighted by Gasteiger charge is 2.12.